The third-order valence-corrected chi connectivity index (χ3v) is 4.92. The van der Waals surface area contributed by atoms with E-state index >= 15 is 0 Å². The number of hydrogen-bond acceptors (Lipinski definition) is 5. The number of esters is 1. The van der Waals surface area contributed by atoms with Crippen LogP contribution in [0.5, 0.6) is 5.75 Å². The summed E-state index contributed by atoms with van der Waals surface area (Å²) >= 11 is 5.84. The van der Waals surface area contributed by atoms with E-state index in [1.807, 2.05) is 0 Å². The van der Waals surface area contributed by atoms with E-state index < -0.39 is 17.8 Å². The Morgan fingerprint density at radius 2 is 1.51 bits per heavy atom. The molecule has 9 heteroatoms. The second-order valence-electron chi connectivity index (χ2n) is 7.19. The molecule has 35 heavy (non-hydrogen) atoms. The zero-order valence-electron chi connectivity index (χ0n) is 18.7. The number of carbonyl (C=O) groups is 4. The zero-order valence-corrected chi connectivity index (χ0v) is 19.5. The van der Waals surface area contributed by atoms with Crippen molar-refractivity contribution in [1.82, 2.24) is 10.9 Å². The van der Waals surface area contributed by atoms with Crippen molar-refractivity contribution in [1.29, 1.82) is 0 Å². The maximum absolute atomic E-state index is 12.4. The highest BCUT2D eigenvalue weighted by atomic mass is 35.5. The van der Waals surface area contributed by atoms with Gasteiger partial charge in [-0.05, 0) is 60.7 Å². The Morgan fingerprint density at radius 3 is 2.20 bits per heavy atom. The van der Waals surface area contributed by atoms with Gasteiger partial charge in [-0.2, -0.15) is 0 Å². The van der Waals surface area contributed by atoms with Crippen LogP contribution in [0.2, 0.25) is 5.02 Å². The van der Waals surface area contributed by atoms with Crippen molar-refractivity contribution in [2.75, 3.05) is 5.32 Å². The summed E-state index contributed by atoms with van der Waals surface area (Å²) in [4.78, 5) is 48.2. The summed E-state index contributed by atoms with van der Waals surface area (Å²) in [6, 6.07) is 19.2. The van der Waals surface area contributed by atoms with Crippen LogP contribution < -0.4 is 20.9 Å². The topological polar surface area (TPSA) is 114 Å². The fourth-order valence-corrected chi connectivity index (χ4v) is 2.93. The molecule has 3 rings (SSSR count). The predicted octanol–water partition coefficient (Wildman–Crippen LogP) is 4.38. The molecular formula is C26H22ClN3O5. The summed E-state index contributed by atoms with van der Waals surface area (Å²) in [5.41, 5.74) is 6.26. The first-order valence-corrected chi connectivity index (χ1v) is 11.0. The molecule has 0 aliphatic heterocycles. The molecule has 0 bridgehead atoms. The van der Waals surface area contributed by atoms with Crippen LogP contribution in [0.15, 0.2) is 78.9 Å². The summed E-state index contributed by atoms with van der Waals surface area (Å²) in [6.45, 7) is 1.74. The number of anilines is 1. The smallest absolute Gasteiger partial charge is 0.343 e. The molecule has 0 heterocycles. The quantitative estimate of drug-likeness (QED) is 0.196. The monoisotopic (exact) mass is 491 g/mol. The highest BCUT2D eigenvalue weighted by molar-refractivity contribution is 6.30. The Balaban J connectivity index is 1.56. The molecule has 0 aliphatic carbocycles. The van der Waals surface area contributed by atoms with Crippen LogP contribution in [0.3, 0.4) is 0 Å². The van der Waals surface area contributed by atoms with Crippen molar-refractivity contribution in [3.8, 4) is 5.75 Å². The number of amides is 3. The Bertz CT molecular complexity index is 1250. The zero-order chi connectivity index (χ0) is 25.2. The molecule has 3 N–H and O–H groups in total. The van der Waals surface area contributed by atoms with Gasteiger partial charge in [0.1, 0.15) is 5.75 Å². The minimum Gasteiger partial charge on any atom is -0.422 e. The maximum Gasteiger partial charge on any atom is 0.343 e. The second kappa shape index (κ2) is 12.2. The van der Waals surface area contributed by atoms with E-state index in [4.69, 9.17) is 16.3 Å². The molecule has 0 saturated heterocycles. The lowest BCUT2D eigenvalue weighted by Gasteiger charge is -2.08. The number of ether oxygens (including phenoxy) is 1. The molecule has 0 unspecified atom stereocenters. The fourth-order valence-electron chi connectivity index (χ4n) is 2.81. The molecule has 0 spiro atoms. The minimum absolute atomic E-state index is 0.137. The van der Waals surface area contributed by atoms with Crippen molar-refractivity contribution in [3.63, 3.8) is 0 Å². The lowest BCUT2D eigenvalue weighted by Crippen LogP contribution is -2.40. The van der Waals surface area contributed by atoms with Crippen molar-refractivity contribution < 1.29 is 23.9 Å². The minimum atomic E-state index is -0.594. The van der Waals surface area contributed by atoms with E-state index in [1.54, 1.807) is 67.6 Å². The summed E-state index contributed by atoms with van der Waals surface area (Å²) in [6.07, 6.45) is 2.99. The van der Waals surface area contributed by atoms with Crippen LogP contribution in [0.25, 0.3) is 6.08 Å². The predicted molar refractivity (Wildman–Crippen MR) is 133 cm³/mol. The van der Waals surface area contributed by atoms with Crippen LogP contribution in [-0.4, -0.2) is 23.7 Å². The van der Waals surface area contributed by atoms with Crippen molar-refractivity contribution in [3.05, 3.63) is 101 Å². The van der Waals surface area contributed by atoms with Crippen molar-refractivity contribution in [2.45, 2.75) is 13.3 Å². The number of benzene rings is 3. The van der Waals surface area contributed by atoms with Gasteiger partial charge >= 0.3 is 5.97 Å². The average molecular weight is 492 g/mol. The first-order valence-electron chi connectivity index (χ1n) is 10.6. The molecule has 3 aromatic rings. The number of hydrogen-bond donors (Lipinski definition) is 3. The fraction of sp³-hybridized carbons (Fsp3) is 0.0769. The van der Waals surface area contributed by atoms with E-state index in [-0.39, 0.29) is 11.7 Å². The second-order valence-corrected chi connectivity index (χ2v) is 7.63. The lowest BCUT2D eigenvalue weighted by atomic mass is 10.2. The summed E-state index contributed by atoms with van der Waals surface area (Å²) in [7, 11) is 0. The van der Waals surface area contributed by atoms with Gasteiger partial charge in [-0.25, -0.2) is 4.79 Å². The SMILES string of the molecule is CCC(=O)Nc1ccc(C(=O)NNC(=O)/C=C/c2ccccc2OC(=O)c2ccc(Cl)cc2)cc1. The highest BCUT2D eigenvalue weighted by Crippen LogP contribution is 2.21. The first kappa shape index (κ1) is 25.2. The van der Waals surface area contributed by atoms with Crippen LogP contribution in [-0.2, 0) is 9.59 Å². The van der Waals surface area contributed by atoms with Gasteiger partial charge in [0.25, 0.3) is 11.8 Å². The van der Waals surface area contributed by atoms with Gasteiger partial charge in [-0.15, -0.1) is 0 Å². The summed E-state index contributed by atoms with van der Waals surface area (Å²) < 4.78 is 5.44. The summed E-state index contributed by atoms with van der Waals surface area (Å²) in [5, 5.41) is 3.18. The molecule has 3 aromatic carbocycles. The Hall–Kier alpha value is -4.43. The van der Waals surface area contributed by atoms with E-state index in [0.717, 1.165) is 0 Å². The van der Waals surface area contributed by atoms with Gasteiger partial charge in [0, 0.05) is 34.3 Å². The normalized spacial score (nSPS) is 10.5. The number of halogens is 1. The van der Waals surface area contributed by atoms with Gasteiger partial charge in [0.05, 0.1) is 5.56 Å². The molecule has 0 radical (unpaired) electrons. The number of hydrazine groups is 1. The molecule has 8 nitrogen and oxygen atoms in total. The van der Waals surface area contributed by atoms with E-state index in [1.165, 1.54) is 24.3 Å². The Kier molecular flexibility index (Phi) is 8.75. The Morgan fingerprint density at radius 1 is 0.857 bits per heavy atom. The number of para-hydroxylation sites is 1. The van der Waals surface area contributed by atoms with Crippen molar-refractivity contribution in [2.24, 2.45) is 0 Å². The van der Waals surface area contributed by atoms with E-state index in [0.29, 0.717) is 33.8 Å². The molecule has 0 aromatic heterocycles. The number of carbonyl (C=O) groups excluding carboxylic acids is 4. The Labute approximate surface area is 206 Å². The van der Waals surface area contributed by atoms with Gasteiger partial charge < -0.3 is 10.1 Å². The standard InChI is InChI=1S/C26H22ClN3O5/c1-2-23(31)28-21-14-9-18(10-15-21)25(33)30-29-24(32)16-11-17-5-3-4-6-22(17)35-26(34)19-7-12-20(27)13-8-19/h3-16H,2H2,1H3,(H,28,31)(H,29,32)(H,30,33)/b16-11+. The average Bonchev–Trinajstić information content (AvgIpc) is 2.87. The molecule has 0 saturated carbocycles. The summed E-state index contributed by atoms with van der Waals surface area (Å²) in [5.74, 6) is -1.57. The van der Waals surface area contributed by atoms with Gasteiger partial charge in [0.2, 0.25) is 5.91 Å². The highest BCUT2D eigenvalue weighted by Gasteiger charge is 2.11. The van der Waals surface area contributed by atoms with Gasteiger partial charge in [-0.1, -0.05) is 36.7 Å². The molecule has 178 valence electrons. The number of nitrogens with one attached hydrogen (secondary N) is 3. The third-order valence-electron chi connectivity index (χ3n) is 4.67. The van der Waals surface area contributed by atoms with Gasteiger partial charge in [-0.3, -0.25) is 25.2 Å². The van der Waals surface area contributed by atoms with Crippen molar-refractivity contribution >= 4 is 47.1 Å². The largest absolute Gasteiger partial charge is 0.422 e. The number of rotatable bonds is 7. The van der Waals surface area contributed by atoms with Gasteiger partial charge in [0.15, 0.2) is 0 Å². The van der Waals surface area contributed by atoms with Crippen LogP contribution in [0.4, 0.5) is 5.69 Å². The maximum atomic E-state index is 12.4. The molecular weight excluding hydrogens is 470 g/mol. The molecule has 3 amide bonds. The molecule has 0 atom stereocenters. The van der Waals surface area contributed by atoms with Crippen LogP contribution in [0.1, 0.15) is 39.6 Å². The first-order chi connectivity index (χ1) is 16.9. The lowest BCUT2D eigenvalue weighted by molar-refractivity contribution is -0.117. The van der Waals surface area contributed by atoms with E-state index in [2.05, 4.69) is 16.2 Å². The molecule has 0 fully saturated rings. The van der Waals surface area contributed by atoms with Crippen LogP contribution in [0, 0.1) is 0 Å². The molecule has 0 aliphatic rings. The van der Waals surface area contributed by atoms with Crippen LogP contribution >= 0.6 is 11.6 Å². The third kappa shape index (κ3) is 7.55. The van der Waals surface area contributed by atoms with E-state index in [9.17, 15) is 19.2 Å².